The van der Waals surface area contributed by atoms with E-state index in [0.717, 1.165) is 19.3 Å². The van der Waals surface area contributed by atoms with Gasteiger partial charge < -0.3 is 10.2 Å². The normalized spacial score (nSPS) is 15.4. The number of carboxylic acid groups (broad SMARTS) is 1. The van der Waals surface area contributed by atoms with Crippen molar-refractivity contribution in [1.82, 2.24) is 0 Å². The van der Waals surface area contributed by atoms with E-state index in [1.165, 1.54) is 0 Å². The zero-order valence-electron chi connectivity index (χ0n) is 15.9. The second-order valence-corrected chi connectivity index (χ2v) is 6.73. The van der Waals surface area contributed by atoms with E-state index in [1.54, 1.807) is 25.2 Å². The number of rotatable bonds is 14. The number of allylic oxidation sites excluding steroid dienone is 7. The summed E-state index contributed by atoms with van der Waals surface area (Å²) >= 11 is 0. The summed E-state index contributed by atoms with van der Waals surface area (Å²) in [6.07, 6.45) is 14.0. The summed E-state index contributed by atoms with van der Waals surface area (Å²) in [5.41, 5.74) is -1.02. The molecule has 0 heterocycles. The molecule has 3 nitrogen and oxygen atoms in total. The lowest BCUT2D eigenvalue weighted by Crippen LogP contribution is -2.20. The molecule has 0 amide bonds. The van der Waals surface area contributed by atoms with Gasteiger partial charge in [0.1, 0.15) is 0 Å². The fourth-order valence-corrected chi connectivity index (χ4v) is 2.32. The van der Waals surface area contributed by atoms with Crippen molar-refractivity contribution in [1.29, 1.82) is 0 Å². The topological polar surface area (TPSA) is 57.5 Å². The van der Waals surface area contributed by atoms with Crippen LogP contribution in [0.15, 0.2) is 48.6 Å². The highest BCUT2D eigenvalue weighted by atomic mass is 19.4. The molecule has 0 aliphatic carbocycles. The maximum absolute atomic E-state index is 12.0. The molecule has 0 unspecified atom stereocenters. The summed E-state index contributed by atoms with van der Waals surface area (Å²) in [5, 5.41) is 18.6. The Kier molecular flexibility index (Phi) is 13.3. The summed E-state index contributed by atoms with van der Waals surface area (Å²) in [6, 6.07) is 0. The molecule has 0 aliphatic rings. The Morgan fingerprint density at radius 3 is 2.07 bits per heavy atom. The standard InChI is InChI=1S/C21H31F3O3/c1-20(27,17-14-15-19(25)26)16-12-10-8-6-4-2-3-5-7-9-11-13-18-21(22,23)24/h2-4,6,8,10,12,16,27H,5,7,9,11,13-15,17-18H2,1H3,(H,25,26)/b3-2+,6-4+,10-8-,16-12+/t20-/m1/s1. The molecular formula is C21H31F3O3. The molecule has 0 radical (unpaired) electrons. The molecule has 0 aromatic heterocycles. The Bertz CT molecular complexity index is 515. The summed E-state index contributed by atoms with van der Waals surface area (Å²) < 4.78 is 35.9. The smallest absolute Gasteiger partial charge is 0.389 e. The summed E-state index contributed by atoms with van der Waals surface area (Å²) in [4.78, 5) is 10.4. The van der Waals surface area contributed by atoms with Crippen LogP contribution in [-0.4, -0.2) is 28.0 Å². The van der Waals surface area contributed by atoms with Crippen molar-refractivity contribution >= 4 is 5.97 Å². The van der Waals surface area contributed by atoms with E-state index in [0.29, 0.717) is 19.3 Å². The number of hydrogen-bond acceptors (Lipinski definition) is 2. The molecule has 0 spiro atoms. The molecule has 0 saturated heterocycles. The van der Waals surface area contributed by atoms with Crippen LogP contribution in [0.5, 0.6) is 0 Å². The number of hydrogen-bond donors (Lipinski definition) is 2. The van der Waals surface area contributed by atoms with E-state index in [2.05, 4.69) is 0 Å². The molecule has 0 fully saturated rings. The lowest BCUT2D eigenvalue weighted by Gasteiger charge is -2.17. The van der Waals surface area contributed by atoms with Crippen LogP contribution < -0.4 is 0 Å². The first-order valence-corrected chi connectivity index (χ1v) is 9.31. The fraction of sp³-hybridized carbons (Fsp3) is 0.571. The highest BCUT2D eigenvalue weighted by Crippen LogP contribution is 2.23. The van der Waals surface area contributed by atoms with Crippen molar-refractivity contribution in [3.8, 4) is 0 Å². The van der Waals surface area contributed by atoms with Gasteiger partial charge in [-0.3, -0.25) is 4.79 Å². The molecule has 1 atom stereocenters. The maximum Gasteiger partial charge on any atom is 0.389 e. The number of halogens is 3. The third-order valence-corrected chi connectivity index (χ3v) is 3.80. The van der Waals surface area contributed by atoms with Crippen molar-refractivity contribution in [2.24, 2.45) is 0 Å². The van der Waals surface area contributed by atoms with Crippen molar-refractivity contribution in [2.75, 3.05) is 0 Å². The van der Waals surface area contributed by atoms with E-state index < -0.39 is 24.2 Å². The Morgan fingerprint density at radius 1 is 0.852 bits per heavy atom. The van der Waals surface area contributed by atoms with Crippen molar-refractivity contribution < 1.29 is 28.2 Å². The highest BCUT2D eigenvalue weighted by molar-refractivity contribution is 5.66. The lowest BCUT2D eigenvalue weighted by atomic mass is 9.98. The third kappa shape index (κ3) is 20.3. The van der Waals surface area contributed by atoms with Crippen molar-refractivity contribution in [2.45, 2.75) is 76.5 Å². The quantitative estimate of drug-likeness (QED) is 0.278. The first-order chi connectivity index (χ1) is 12.6. The van der Waals surface area contributed by atoms with Crippen LogP contribution in [0, 0.1) is 0 Å². The van der Waals surface area contributed by atoms with Crippen LogP contribution in [0.2, 0.25) is 0 Å². The molecule has 0 aromatic rings. The van der Waals surface area contributed by atoms with Crippen molar-refractivity contribution in [3.05, 3.63) is 48.6 Å². The minimum Gasteiger partial charge on any atom is -0.481 e. The first-order valence-electron chi connectivity index (χ1n) is 9.31. The zero-order valence-corrected chi connectivity index (χ0v) is 15.9. The van der Waals surface area contributed by atoms with Crippen molar-refractivity contribution in [3.63, 3.8) is 0 Å². The van der Waals surface area contributed by atoms with Gasteiger partial charge in [0.05, 0.1) is 5.60 Å². The Morgan fingerprint density at radius 2 is 1.44 bits per heavy atom. The van der Waals surface area contributed by atoms with Gasteiger partial charge in [0.15, 0.2) is 0 Å². The van der Waals surface area contributed by atoms with Crippen LogP contribution in [0.4, 0.5) is 13.2 Å². The van der Waals surface area contributed by atoms with Gasteiger partial charge >= 0.3 is 12.1 Å². The third-order valence-electron chi connectivity index (χ3n) is 3.80. The van der Waals surface area contributed by atoms with Crippen LogP contribution in [0.25, 0.3) is 0 Å². The number of alkyl halides is 3. The number of carbonyl (C=O) groups is 1. The minimum absolute atomic E-state index is 0.0441. The van der Waals surface area contributed by atoms with Crippen LogP contribution in [0.1, 0.15) is 64.7 Å². The second kappa shape index (κ2) is 14.3. The molecule has 6 heteroatoms. The highest BCUT2D eigenvalue weighted by Gasteiger charge is 2.25. The van der Waals surface area contributed by atoms with E-state index in [9.17, 15) is 23.1 Å². The summed E-state index contributed by atoms with van der Waals surface area (Å²) in [6.45, 7) is 1.64. The largest absolute Gasteiger partial charge is 0.481 e. The van der Waals surface area contributed by atoms with Gasteiger partial charge in [0.25, 0.3) is 0 Å². The van der Waals surface area contributed by atoms with Gasteiger partial charge in [-0.05, 0) is 39.0 Å². The molecule has 0 bridgehead atoms. The van der Waals surface area contributed by atoms with Crippen LogP contribution >= 0.6 is 0 Å². The number of carboxylic acids is 1. The molecular weight excluding hydrogens is 357 g/mol. The Labute approximate surface area is 160 Å². The van der Waals surface area contributed by atoms with Gasteiger partial charge in [0, 0.05) is 12.8 Å². The first kappa shape index (κ1) is 25.2. The fourth-order valence-electron chi connectivity index (χ4n) is 2.32. The molecule has 154 valence electrons. The van der Waals surface area contributed by atoms with E-state index in [4.69, 9.17) is 5.11 Å². The average molecular weight is 388 g/mol. The molecule has 0 rings (SSSR count). The van der Waals surface area contributed by atoms with Gasteiger partial charge in [0.2, 0.25) is 0 Å². The van der Waals surface area contributed by atoms with E-state index in [-0.39, 0.29) is 12.8 Å². The average Bonchev–Trinajstić information content (AvgIpc) is 2.53. The van der Waals surface area contributed by atoms with Gasteiger partial charge in [-0.1, -0.05) is 61.4 Å². The van der Waals surface area contributed by atoms with Gasteiger partial charge in [-0.2, -0.15) is 13.2 Å². The lowest BCUT2D eigenvalue weighted by molar-refractivity contribution is -0.137. The Balaban J connectivity index is 3.79. The number of aliphatic carboxylic acids is 1. The molecule has 0 saturated carbocycles. The zero-order chi connectivity index (χ0) is 20.6. The maximum atomic E-state index is 12.0. The molecule has 27 heavy (non-hydrogen) atoms. The number of aliphatic hydroxyl groups is 1. The number of unbranched alkanes of at least 4 members (excludes halogenated alkanes) is 4. The summed E-state index contributed by atoms with van der Waals surface area (Å²) in [7, 11) is 0. The predicted octanol–water partition coefficient (Wildman–Crippen LogP) is 6.12. The van der Waals surface area contributed by atoms with Gasteiger partial charge in [-0.25, -0.2) is 0 Å². The predicted molar refractivity (Wildman–Crippen MR) is 102 cm³/mol. The molecule has 0 aliphatic heterocycles. The van der Waals surface area contributed by atoms with E-state index >= 15 is 0 Å². The van der Waals surface area contributed by atoms with Crippen LogP contribution in [-0.2, 0) is 4.79 Å². The minimum atomic E-state index is -4.04. The molecule has 0 aromatic carbocycles. The summed E-state index contributed by atoms with van der Waals surface area (Å²) in [5.74, 6) is -0.866. The van der Waals surface area contributed by atoms with Crippen LogP contribution in [0.3, 0.4) is 0 Å². The Hall–Kier alpha value is -1.82. The molecule has 2 N–H and O–H groups in total. The SMILES string of the molecule is C[C@@](O)(/C=C/C=C\C=C\C=C\CCCCCCC(F)(F)F)CCCC(=O)O. The monoisotopic (exact) mass is 388 g/mol. The van der Waals surface area contributed by atoms with Gasteiger partial charge in [-0.15, -0.1) is 0 Å². The van der Waals surface area contributed by atoms with E-state index in [1.807, 2.05) is 30.4 Å². The second-order valence-electron chi connectivity index (χ2n) is 6.73.